The fourth-order valence-corrected chi connectivity index (χ4v) is 11.4. The van der Waals surface area contributed by atoms with Gasteiger partial charge < -0.3 is 29.9 Å². The SMILES string of the molecule is Cc1cc(C)c(OC(=O)/C=C/C(=O)Oc2c(C)cc(C)c3c2C(NCCN2CCN(c4cccc(Cl)c4)CC2)C(C)(C)C3)c2c1CC(C)(C)C2NCCN1CCN(c2cccc(Cl)c2)CC1. The molecule has 12 heteroatoms. The zero-order chi connectivity index (χ0) is 46.9. The number of ether oxygens (including phenoxy) is 2. The van der Waals surface area contributed by atoms with Crippen LogP contribution < -0.4 is 29.9 Å². The highest BCUT2D eigenvalue weighted by molar-refractivity contribution is 6.31. The number of carbonyl (C=O) groups is 2. The number of nitrogens with zero attached hydrogens (tertiary/aromatic N) is 4. The Morgan fingerprint density at radius 3 is 1.33 bits per heavy atom. The van der Waals surface area contributed by atoms with Gasteiger partial charge in [-0.25, -0.2) is 9.59 Å². The minimum atomic E-state index is -0.609. The Labute approximate surface area is 402 Å². The first kappa shape index (κ1) is 48.1. The normalized spacial score (nSPS) is 20.5. The van der Waals surface area contributed by atoms with Gasteiger partial charge in [0, 0.05) is 135 Å². The molecule has 0 aromatic heterocycles. The second kappa shape index (κ2) is 20.0. The van der Waals surface area contributed by atoms with Gasteiger partial charge in [0.15, 0.2) is 0 Å². The van der Waals surface area contributed by atoms with E-state index in [1.807, 2.05) is 50.2 Å². The Morgan fingerprint density at radius 1 is 0.591 bits per heavy atom. The van der Waals surface area contributed by atoms with Crippen molar-refractivity contribution in [2.45, 2.75) is 80.3 Å². The van der Waals surface area contributed by atoms with Gasteiger partial charge >= 0.3 is 11.9 Å². The molecule has 0 radical (unpaired) electrons. The quantitative estimate of drug-likeness (QED) is 0.0725. The summed E-state index contributed by atoms with van der Waals surface area (Å²) in [5, 5.41) is 9.28. The van der Waals surface area contributed by atoms with E-state index >= 15 is 0 Å². The average Bonchev–Trinajstić information content (AvgIpc) is 3.71. The van der Waals surface area contributed by atoms with E-state index < -0.39 is 11.9 Å². The topological polar surface area (TPSA) is 89.6 Å². The summed E-state index contributed by atoms with van der Waals surface area (Å²) in [6, 6.07) is 20.3. The lowest BCUT2D eigenvalue weighted by molar-refractivity contribution is -0.131. The number of piperazine rings is 2. The summed E-state index contributed by atoms with van der Waals surface area (Å²) in [6.07, 6.45) is 4.14. The molecule has 352 valence electrons. The van der Waals surface area contributed by atoms with E-state index in [1.54, 1.807) is 0 Å². The minimum Gasteiger partial charge on any atom is -0.423 e. The molecular formula is C54H68Cl2N6O4. The van der Waals surface area contributed by atoms with Gasteiger partial charge in [-0.2, -0.15) is 0 Å². The maximum Gasteiger partial charge on any atom is 0.336 e. The van der Waals surface area contributed by atoms with Crippen LogP contribution in [0, 0.1) is 38.5 Å². The summed E-state index contributed by atoms with van der Waals surface area (Å²) in [6.45, 7) is 28.5. The van der Waals surface area contributed by atoms with Crippen molar-refractivity contribution in [2.24, 2.45) is 10.8 Å². The lowest BCUT2D eigenvalue weighted by atomic mass is 9.85. The number of esters is 2. The van der Waals surface area contributed by atoms with E-state index in [4.69, 9.17) is 32.7 Å². The molecule has 8 rings (SSSR count). The lowest BCUT2D eigenvalue weighted by Crippen LogP contribution is -2.48. The third-order valence-corrected chi connectivity index (χ3v) is 15.0. The van der Waals surface area contributed by atoms with Crippen molar-refractivity contribution < 1.29 is 19.1 Å². The molecule has 0 amide bonds. The van der Waals surface area contributed by atoms with Crippen molar-refractivity contribution in [1.82, 2.24) is 20.4 Å². The van der Waals surface area contributed by atoms with Crippen molar-refractivity contribution in [3.63, 3.8) is 0 Å². The van der Waals surface area contributed by atoms with Gasteiger partial charge in [0.1, 0.15) is 11.5 Å². The van der Waals surface area contributed by atoms with Crippen molar-refractivity contribution in [3.8, 4) is 11.5 Å². The molecule has 2 N–H and O–H groups in total. The summed E-state index contributed by atoms with van der Waals surface area (Å²) in [5.74, 6) is -0.0736. The summed E-state index contributed by atoms with van der Waals surface area (Å²) in [7, 11) is 0. The van der Waals surface area contributed by atoms with Crippen LogP contribution >= 0.6 is 23.2 Å². The van der Waals surface area contributed by atoms with Crippen LogP contribution in [0.15, 0.2) is 72.8 Å². The van der Waals surface area contributed by atoms with E-state index in [0.29, 0.717) is 11.5 Å². The third-order valence-electron chi connectivity index (χ3n) is 14.5. The maximum absolute atomic E-state index is 13.7. The molecule has 2 fully saturated rings. The Bertz CT molecular complexity index is 2300. The average molecular weight is 936 g/mol. The zero-order valence-electron chi connectivity index (χ0n) is 40.2. The highest BCUT2D eigenvalue weighted by atomic mass is 35.5. The third kappa shape index (κ3) is 10.6. The Kier molecular flexibility index (Phi) is 14.6. The van der Waals surface area contributed by atoms with Crippen LogP contribution in [0.3, 0.4) is 0 Å². The number of carbonyl (C=O) groups excluding carboxylic acids is 2. The van der Waals surface area contributed by atoms with Gasteiger partial charge in [-0.15, -0.1) is 0 Å². The predicted octanol–water partition coefficient (Wildman–Crippen LogP) is 9.36. The first-order valence-corrected chi connectivity index (χ1v) is 24.5. The van der Waals surface area contributed by atoms with E-state index in [0.717, 1.165) is 124 Å². The van der Waals surface area contributed by atoms with Crippen LogP contribution in [0.1, 0.15) is 84.3 Å². The van der Waals surface area contributed by atoms with Gasteiger partial charge in [-0.05, 0) is 121 Å². The molecule has 0 saturated carbocycles. The van der Waals surface area contributed by atoms with Crippen LogP contribution in [-0.4, -0.2) is 100 Å². The molecule has 2 aliphatic heterocycles. The van der Waals surface area contributed by atoms with E-state index in [-0.39, 0.29) is 22.9 Å². The van der Waals surface area contributed by atoms with Crippen molar-refractivity contribution >= 4 is 46.5 Å². The van der Waals surface area contributed by atoms with Crippen molar-refractivity contribution in [1.29, 1.82) is 0 Å². The molecule has 2 saturated heterocycles. The molecule has 10 nitrogen and oxygen atoms in total. The van der Waals surface area contributed by atoms with Crippen LogP contribution in [-0.2, 0) is 22.4 Å². The van der Waals surface area contributed by atoms with Crippen LogP contribution in [0.25, 0.3) is 0 Å². The molecule has 2 aliphatic carbocycles. The molecule has 0 spiro atoms. The maximum atomic E-state index is 13.7. The molecular weight excluding hydrogens is 868 g/mol. The summed E-state index contributed by atoms with van der Waals surface area (Å²) < 4.78 is 12.4. The number of anilines is 2. The smallest absolute Gasteiger partial charge is 0.336 e. The van der Waals surface area contributed by atoms with Crippen LogP contribution in [0.4, 0.5) is 11.4 Å². The molecule has 66 heavy (non-hydrogen) atoms. The second-order valence-corrected chi connectivity index (χ2v) is 21.2. The number of nitrogens with one attached hydrogen (secondary N) is 2. The number of hydrogen-bond acceptors (Lipinski definition) is 10. The Balaban J connectivity index is 0.892. The molecule has 2 atom stereocenters. The van der Waals surface area contributed by atoms with Gasteiger partial charge in [0.25, 0.3) is 0 Å². The molecule has 0 bridgehead atoms. The number of hydrogen-bond donors (Lipinski definition) is 2. The largest absolute Gasteiger partial charge is 0.423 e. The Morgan fingerprint density at radius 2 is 0.970 bits per heavy atom. The highest BCUT2D eigenvalue weighted by Gasteiger charge is 2.44. The summed E-state index contributed by atoms with van der Waals surface area (Å²) >= 11 is 12.5. The molecule has 2 unspecified atom stereocenters. The minimum absolute atomic E-state index is 0.0158. The fraction of sp³-hybridized carbons (Fsp3) is 0.481. The van der Waals surface area contributed by atoms with Gasteiger partial charge in [-0.1, -0.05) is 75.2 Å². The van der Waals surface area contributed by atoms with Crippen LogP contribution in [0.5, 0.6) is 11.5 Å². The van der Waals surface area contributed by atoms with Gasteiger partial charge in [-0.3, -0.25) is 9.80 Å². The van der Waals surface area contributed by atoms with E-state index in [2.05, 4.69) is 96.0 Å². The van der Waals surface area contributed by atoms with Gasteiger partial charge in [0.2, 0.25) is 0 Å². The highest BCUT2D eigenvalue weighted by Crippen LogP contribution is 2.52. The lowest BCUT2D eigenvalue weighted by Gasteiger charge is -2.37. The molecule has 4 aromatic rings. The molecule has 4 aliphatic rings. The molecule has 4 aromatic carbocycles. The zero-order valence-corrected chi connectivity index (χ0v) is 41.7. The fourth-order valence-electron chi connectivity index (χ4n) is 11.0. The summed E-state index contributed by atoms with van der Waals surface area (Å²) in [4.78, 5) is 37.1. The van der Waals surface area contributed by atoms with E-state index in [1.165, 1.54) is 45.8 Å². The standard InChI is InChI=1S/C54H68Cl2N6O4/c1-35-29-37(3)49(47-43(35)33-53(5,6)51(47)57-17-19-59-21-25-61(26-22-59)41-13-9-11-39(55)31-41)65-45(63)15-16-46(64)66-50-38(4)30-36(2)44-34-54(7,8)52(48(44)50)58-18-20-60-23-27-62(28-24-60)42-14-10-12-40(56)32-42/h9-16,29-32,51-52,57-58H,17-28,33-34H2,1-8H3/b16-15+. The summed E-state index contributed by atoms with van der Waals surface area (Å²) in [5.41, 5.74) is 10.8. The van der Waals surface area contributed by atoms with Crippen molar-refractivity contribution in [3.05, 3.63) is 127 Å². The number of halogens is 2. The van der Waals surface area contributed by atoms with Crippen LogP contribution in [0.2, 0.25) is 10.0 Å². The number of benzene rings is 4. The first-order valence-electron chi connectivity index (χ1n) is 23.8. The number of rotatable bonds is 14. The predicted molar refractivity (Wildman–Crippen MR) is 269 cm³/mol. The Hall–Kier alpha value is -4.42. The number of aryl methyl sites for hydroxylation is 4. The second-order valence-electron chi connectivity index (χ2n) is 20.4. The first-order chi connectivity index (χ1) is 31.5. The monoisotopic (exact) mass is 934 g/mol. The van der Waals surface area contributed by atoms with Crippen molar-refractivity contribution in [2.75, 3.05) is 88.3 Å². The van der Waals surface area contributed by atoms with E-state index in [9.17, 15) is 9.59 Å². The number of fused-ring (bicyclic) bond motifs is 2. The molecule has 2 heterocycles. The van der Waals surface area contributed by atoms with Gasteiger partial charge in [0.05, 0.1) is 0 Å².